The lowest BCUT2D eigenvalue weighted by Gasteiger charge is -2.23. The van der Waals surface area contributed by atoms with Crippen molar-refractivity contribution < 1.29 is 9.59 Å². The number of amides is 2. The number of hydrogen-bond donors (Lipinski definition) is 3. The maximum atomic E-state index is 12.7. The van der Waals surface area contributed by atoms with Crippen molar-refractivity contribution in [1.82, 2.24) is 9.97 Å². The molecule has 2 aromatic rings. The molecule has 1 aromatic heterocycles. The quantitative estimate of drug-likeness (QED) is 0.355. The first kappa shape index (κ1) is 19.6. The molecular weight excluding hydrogens is 432 g/mol. The van der Waals surface area contributed by atoms with Crippen molar-refractivity contribution in [3.05, 3.63) is 44.7 Å². The summed E-state index contributed by atoms with van der Waals surface area (Å²) in [6, 6.07) is 7.07. The number of fused-ring (bicyclic) bond motifs is 1. The van der Waals surface area contributed by atoms with Crippen LogP contribution in [0, 0.1) is 0 Å². The summed E-state index contributed by atoms with van der Waals surface area (Å²) in [4.78, 5) is 44.4. The lowest BCUT2D eigenvalue weighted by molar-refractivity contribution is -0.123. The summed E-state index contributed by atoms with van der Waals surface area (Å²) < 4.78 is 0.886. The molecular formula is C18H19BrN4O3S. The number of anilines is 2. The fourth-order valence-electron chi connectivity index (χ4n) is 2.72. The van der Waals surface area contributed by atoms with Crippen LogP contribution in [0.25, 0.3) is 0 Å². The number of hydrogen-bond acceptors (Lipinski definition) is 5. The van der Waals surface area contributed by atoms with Crippen LogP contribution in [0.15, 0.2) is 38.7 Å². The molecule has 0 radical (unpaired) electrons. The third kappa shape index (κ3) is 4.78. The lowest BCUT2D eigenvalue weighted by atomic mass is 9.92. The Bertz CT molecular complexity index is 914. The van der Waals surface area contributed by atoms with Crippen molar-refractivity contribution in [2.75, 3.05) is 16.4 Å². The number of halogens is 1. The molecule has 0 saturated heterocycles. The standard InChI is InChI=1S/C18H19BrN4O3S/c1-2-3-8-27-18-22-15-14(17(26)23-18)12(9-13(24)21-15)16(25)20-11-6-4-10(19)5-7-11/h4-7,12H,2-3,8-9H2,1H3,(H,20,25)(H2,21,22,23,24,26)/t12-/m1/s1. The van der Waals surface area contributed by atoms with Crippen LogP contribution in [0.5, 0.6) is 0 Å². The maximum Gasteiger partial charge on any atom is 0.257 e. The second-order valence-electron chi connectivity index (χ2n) is 6.14. The molecule has 0 saturated carbocycles. The third-order valence-corrected chi connectivity index (χ3v) is 5.58. The Morgan fingerprint density at radius 3 is 2.78 bits per heavy atom. The van der Waals surface area contributed by atoms with E-state index in [-0.39, 0.29) is 23.7 Å². The fraction of sp³-hybridized carbons (Fsp3) is 0.333. The van der Waals surface area contributed by atoms with Gasteiger partial charge in [-0.15, -0.1) is 0 Å². The molecule has 1 aliphatic heterocycles. The predicted octanol–water partition coefficient (Wildman–Crippen LogP) is 3.49. The number of nitrogens with zero attached hydrogens (tertiary/aromatic N) is 1. The number of benzene rings is 1. The Morgan fingerprint density at radius 2 is 2.07 bits per heavy atom. The zero-order chi connectivity index (χ0) is 19.4. The molecule has 142 valence electrons. The van der Waals surface area contributed by atoms with Crippen LogP contribution in [0.1, 0.15) is 37.7 Å². The minimum atomic E-state index is -0.886. The van der Waals surface area contributed by atoms with Crippen molar-refractivity contribution >= 4 is 51.0 Å². The third-order valence-electron chi connectivity index (χ3n) is 4.09. The molecule has 7 nitrogen and oxygen atoms in total. The van der Waals surface area contributed by atoms with Gasteiger partial charge in [0.25, 0.3) is 5.56 Å². The summed E-state index contributed by atoms with van der Waals surface area (Å²) in [5, 5.41) is 5.82. The summed E-state index contributed by atoms with van der Waals surface area (Å²) in [6.45, 7) is 2.08. The zero-order valence-corrected chi connectivity index (χ0v) is 17.1. The van der Waals surface area contributed by atoms with Gasteiger partial charge in [0.2, 0.25) is 11.8 Å². The van der Waals surface area contributed by atoms with Gasteiger partial charge in [-0.1, -0.05) is 41.0 Å². The largest absolute Gasteiger partial charge is 0.326 e. The second-order valence-corrected chi connectivity index (χ2v) is 8.14. The van der Waals surface area contributed by atoms with Crippen LogP contribution in [-0.4, -0.2) is 27.5 Å². The summed E-state index contributed by atoms with van der Waals surface area (Å²) in [7, 11) is 0. The topological polar surface area (TPSA) is 104 Å². The highest BCUT2D eigenvalue weighted by molar-refractivity contribution is 9.10. The van der Waals surface area contributed by atoms with Crippen molar-refractivity contribution in [3.8, 4) is 0 Å². The van der Waals surface area contributed by atoms with Gasteiger partial charge in [-0.05, 0) is 30.7 Å². The van der Waals surface area contributed by atoms with E-state index in [1.54, 1.807) is 24.3 Å². The SMILES string of the molecule is CCCCSc1nc2c(c(=O)[nH]1)[C@H](C(=O)Nc1ccc(Br)cc1)CC(=O)N2. The van der Waals surface area contributed by atoms with E-state index in [1.807, 2.05) is 0 Å². The number of nitrogens with one attached hydrogen (secondary N) is 3. The van der Waals surface area contributed by atoms with E-state index in [0.29, 0.717) is 10.8 Å². The van der Waals surface area contributed by atoms with E-state index >= 15 is 0 Å². The van der Waals surface area contributed by atoms with Crippen LogP contribution in [-0.2, 0) is 9.59 Å². The molecule has 0 aliphatic carbocycles. The molecule has 27 heavy (non-hydrogen) atoms. The molecule has 0 fully saturated rings. The predicted molar refractivity (Wildman–Crippen MR) is 109 cm³/mol. The zero-order valence-electron chi connectivity index (χ0n) is 14.7. The molecule has 0 unspecified atom stereocenters. The number of H-pyrrole nitrogens is 1. The van der Waals surface area contributed by atoms with E-state index in [9.17, 15) is 14.4 Å². The smallest absolute Gasteiger partial charge is 0.257 e. The first-order valence-corrected chi connectivity index (χ1v) is 10.4. The van der Waals surface area contributed by atoms with Gasteiger partial charge in [0.05, 0.1) is 11.5 Å². The second kappa shape index (κ2) is 8.71. The van der Waals surface area contributed by atoms with Crippen LogP contribution >= 0.6 is 27.7 Å². The molecule has 3 N–H and O–H groups in total. The highest BCUT2D eigenvalue weighted by Crippen LogP contribution is 2.30. The molecule has 0 spiro atoms. The van der Waals surface area contributed by atoms with E-state index < -0.39 is 17.4 Å². The van der Waals surface area contributed by atoms with Crippen LogP contribution in [0.2, 0.25) is 0 Å². The van der Waals surface area contributed by atoms with Crippen molar-refractivity contribution in [1.29, 1.82) is 0 Å². The van der Waals surface area contributed by atoms with Gasteiger partial charge < -0.3 is 15.6 Å². The molecule has 9 heteroatoms. The molecule has 1 aliphatic rings. The van der Waals surface area contributed by atoms with Crippen LogP contribution in [0.4, 0.5) is 11.5 Å². The number of unbranched alkanes of at least 4 members (excludes halogenated alkanes) is 1. The Labute approximate surface area is 168 Å². The average Bonchev–Trinajstić information content (AvgIpc) is 2.63. The minimum Gasteiger partial charge on any atom is -0.326 e. The molecule has 2 amide bonds. The number of carbonyl (C=O) groups excluding carboxylic acids is 2. The highest BCUT2D eigenvalue weighted by atomic mass is 79.9. The molecule has 1 atom stereocenters. The first-order valence-electron chi connectivity index (χ1n) is 8.61. The monoisotopic (exact) mass is 450 g/mol. The number of rotatable bonds is 6. The minimum absolute atomic E-state index is 0.0948. The summed E-state index contributed by atoms with van der Waals surface area (Å²) in [5.41, 5.74) is 0.394. The molecule has 1 aromatic carbocycles. The van der Waals surface area contributed by atoms with Crippen LogP contribution in [0.3, 0.4) is 0 Å². The van der Waals surface area contributed by atoms with E-state index in [1.165, 1.54) is 11.8 Å². The Hall–Kier alpha value is -2.13. The average molecular weight is 451 g/mol. The van der Waals surface area contributed by atoms with Gasteiger partial charge in [-0.25, -0.2) is 4.98 Å². The molecule has 0 bridgehead atoms. The van der Waals surface area contributed by atoms with Crippen molar-refractivity contribution in [2.45, 2.75) is 37.3 Å². The van der Waals surface area contributed by atoms with Gasteiger partial charge in [0.1, 0.15) is 5.82 Å². The highest BCUT2D eigenvalue weighted by Gasteiger charge is 2.34. The van der Waals surface area contributed by atoms with Gasteiger partial charge in [-0.2, -0.15) is 0 Å². The maximum absolute atomic E-state index is 12.7. The lowest BCUT2D eigenvalue weighted by Crippen LogP contribution is -2.36. The van der Waals surface area contributed by atoms with Gasteiger partial charge >= 0.3 is 0 Å². The summed E-state index contributed by atoms with van der Waals surface area (Å²) in [5.74, 6) is -0.638. The van der Waals surface area contributed by atoms with Gasteiger partial charge in [-0.3, -0.25) is 14.4 Å². The van der Waals surface area contributed by atoms with Gasteiger partial charge in [0.15, 0.2) is 5.16 Å². The number of aromatic nitrogens is 2. The fourth-order valence-corrected chi connectivity index (χ4v) is 3.93. The van der Waals surface area contributed by atoms with Crippen molar-refractivity contribution in [3.63, 3.8) is 0 Å². The summed E-state index contributed by atoms with van der Waals surface area (Å²) >= 11 is 4.76. The summed E-state index contributed by atoms with van der Waals surface area (Å²) in [6.07, 6.45) is 1.94. The number of carbonyl (C=O) groups is 2. The van der Waals surface area contributed by atoms with Crippen molar-refractivity contribution in [2.24, 2.45) is 0 Å². The van der Waals surface area contributed by atoms with E-state index in [0.717, 1.165) is 23.1 Å². The number of thioether (sulfide) groups is 1. The van der Waals surface area contributed by atoms with Gasteiger partial charge in [0, 0.05) is 22.3 Å². The first-order chi connectivity index (χ1) is 13.0. The van der Waals surface area contributed by atoms with E-state index in [4.69, 9.17) is 0 Å². The Kier molecular flexibility index (Phi) is 6.33. The molecule has 2 heterocycles. The van der Waals surface area contributed by atoms with E-state index in [2.05, 4.69) is 43.5 Å². The Balaban J connectivity index is 1.86. The number of aromatic amines is 1. The normalized spacial score (nSPS) is 15.8. The Morgan fingerprint density at radius 1 is 1.33 bits per heavy atom. The molecule has 3 rings (SSSR count). The van der Waals surface area contributed by atoms with Crippen LogP contribution < -0.4 is 16.2 Å².